The van der Waals surface area contributed by atoms with Crippen molar-refractivity contribution in [2.45, 2.75) is 26.3 Å². The fraction of sp³-hybridized carbons (Fsp3) is 0.455. The molecule has 1 nitrogen and oxygen atoms in total. The summed E-state index contributed by atoms with van der Waals surface area (Å²) in [5, 5.41) is 0.541. The average molecular weight is 216 g/mol. The highest BCUT2D eigenvalue weighted by Gasteiger charge is 2.16. The van der Waals surface area contributed by atoms with Gasteiger partial charge in [0.1, 0.15) is 5.82 Å². The molecule has 3 heteroatoms. The monoisotopic (exact) mass is 215 g/mol. The Balaban J connectivity index is 2.99. The molecule has 0 heterocycles. The molecule has 0 radical (unpaired) electrons. The summed E-state index contributed by atoms with van der Waals surface area (Å²) in [6.07, 6.45) is 0.952. The molecule has 14 heavy (non-hydrogen) atoms. The molecule has 0 fully saturated rings. The molecule has 1 aromatic rings. The fourth-order valence-electron chi connectivity index (χ4n) is 1.33. The quantitative estimate of drug-likeness (QED) is 0.820. The van der Waals surface area contributed by atoms with Crippen LogP contribution in [-0.2, 0) is 0 Å². The first-order valence-electron chi connectivity index (χ1n) is 4.76. The highest BCUT2D eigenvalue weighted by molar-refractivity contribution is 6.31. The van der Waals surface area contributed by atoms with E-state index in [4.69, 9.17) is 17.3 Å². The van der Waals surface area contributed by atoms with E-state index in [0.29, 0.717) is 16.5 Å². The van der Waals surface area contributed by atoms with Crippen molar-refractivity contribution in [2.75, 3.05) is 0 Å². The van der Waals surface area contributed by atoms with Crippen molar-refractivity contribution in [2.24, 2.45) is 11.7 Å². The topological polar surface area (TPSA) is 26.0 Å². The Morgan fingerprint density at radius 3 is 2.71 bits per heavy atom. The number of nitrogens with two attached hydrogens (primary N) is 1. The smallest absolute Gasteiger partial charge is 0.123 e. The summed E-state index contributed by atoms with van der Waals surface area (Å²) in [6, 6.07) is 4.12. The van der Waals surface area contributed by atoms with Crippen molar-refractivity contribution in [3.8, 4) is 0 Å². The number of benzene rings is 1. The number of hydrogen-bond acceptors (Lipinski definition) is 1. The zero-order valence-electron chi connectivity index (χ0n) is 8.43. The molecule has 0 bridgehead atoms. The molecule has 1 unspecified atom stereocenters. The van der Waals surface area contributed by atoms with Crippen molar-refractivity contribution >= 4 is 11.6 Å². The molecule has 0 aliphatic heterocycles. The summed E-state index contributed by atoms with van der Waals surface area (Å²) in [7, 11) is 0. The molecule has 78 valence electrons. The molecule has 1 rings (SSSR count). The van der Waals surface area contributed by atoms with Crippen LogP contribution in [0.4, 0.5) is 4.39 Å². The van der Waals surface area contributed by atoms with Crippen LogP contribution in [0.15, 0.2) is 18.2 Å². The van der Waals surface area contributed by atoms with Crippen molar-refractivity contribution in [3.05, 3.63) is 34.6 Å². The van der Waals surface area contributed by atoms with E-state index in [9.17, 15) is 4.39 Å². The molecule has 1 aromatic carbocycles. The first-order chi connectivity index (χ1) is 6.56. The van der Waals surface area contributed by atoms with Gasteiger partial charge < -0.3 is 5.73 Å². The largest absolute Gasteiger partial charge is 0.324 e. The predicted octanol–water partition coefficient (Wildman–Crippen LogP) is 3.53. The maximum Gasteiger partial charge on any atom is 0.123 e. The van der Waals surface area contributed by atoms with Crippen molar-refractivity contribution in [1.82, 2.24) is 0 Å². The van der Waals surface area contributed by atoms with Gasteiger partial charge in [0.2, 0.25) is 0 Å². The maximum absolute atomic E-state index is 13.0. The van der Waals surface area contributed by atoms with Crippen LogP contribution in [0.3, 0.4) is 0 Å². The standard InChI is InChI=1S/C11H15ClFN/c1-3-7(2)11(14)9-6-8(13)4-5-10(9)12/h4-7,11H,3,14H2,1-2H3/t7?,11-/m0/s1. The highest BCUT2D eigenvalue weighted by Crippen LogP contribution is 2.28. The number of rotatable bonds is 3. The molecule has 0 aliphatic carbocycles. The van der Waals surface area contributed by atoms with Crippen LogP contribution >= 0.6 is 11.6 Å². The van der Waals surface area contributed by atoms with Gasteiger partial charge in [-0.2, -0.15) is 0 Å². The summed E-state index contributed by atoms with van der Waals surface area (Å²) in [4.78, 5) is 0. The lowest BCUT2D eigenvalue weighted by Gasteiger charge is -2.19. The molecular formula is C11H15ClFN. The fourth-order valence-corrected chi connectivity index (χ4v) is 1.57. The normalized spacial score (nSPS) is 15.2. The minimum Gasteiger partial charge on any atom is -0.324 e. The van der Waals surface area contributed by atoms with E-state index in [1.54, 1.807) is 6.07 Å². The van der Waals surface area contributed by atoms with Crippen molar-refractivity contribution in [3.63, 3.8) is 0 Å². The second kappa shape index (κ2) is 4.76. The van der Waals surface area contributed by atoms with Gasteiger partial charge in [-0.25, -0.2) is 4.39 Å². The van der Waals surface area contributed by atoms with Crippen LogP contribution in [0.2, 0.25) is 5.02 Å². The van der Waals surface area contributed by atoms with Gasteiger partial charge in [-0.05, 0) is 29.7 Å². The Bertz CT molecular complexity index is 314. The number of hydrogen-bond donors (Lipinski definition) is 1. The lowest BCUT2D eigenvalue weighted by molar-refractivity contribution is 0.455. The molecule has 0 aromatic heterocycles. The summed E-state index contributed by atoms with van der Waals surface area (Å²) >= 11 is 5.95. The van der Waals surface area contributed by atoms with Gasteiger partial charge in [-0.15, -0.1) is 0 Å². The van der Waals surface area contributed by atoms with E-state index in [0.717, 1.165) is 6.42 Å². The molecule has 2 atom stereocenters. The second-order valence-electron chi connectivity index (χ2n) is 3.58. The Morgan fingerprint density at radius 1 is 1.50 bits per heavy atom. The third kappa shape index (κ3) is 2.46. The Kier molecular flexibility index (Phi) is 3.90. The first kappa shape index (κ1) is 11.5. The van der Waals surface area contributed by atoms with Crippen LogP contribution in [-0.4, -0.2) is 0 Å². The zero-order chi connectivity index (χ0) is 10.7. The predicted molar refractivity (Wildman–Crippen MR) is 57.8 cm³/mol. The number of halogens is 2. The molecule has 2 N–H and O–H groups in total. The van der Waals surface area contributed by atoms with Gasteiger partial charge in [0.15, 0.2) is 0 Å². The van der Waals surface area contributed by atoms with E-state index in [2.05, 4.69) is 6.92 Å². The van der Waals surface area contributed by atoms with Gasteiger partial charge in [0, 0.05) is 11.1 Å². The van der Waals surface area contributed by atoms with E-state index in [-0.39, 0.29) is 11.9 Å². The SMILES string of the molecule is CCC(C)[C@H](N)c1cc(F)ccc1Cl. The van der Waals surface area contributed by atoms with Crippen LogP contribution in [0.25, 0.3) is 0 Å². The molecular weight excluding hydrogens is 201 g/mol. The van der Waals surface area contributed by atoms with Crippen LogP contribution in [0.5, 0.6) is 0 Å². The van der Waals surface area contributed by atoms with Crippen molar-refractivity contribution < 1.29 is 4.39 Å². The second-order valence-corrected chi connectivity index (χ2v) is 3.98. The van der Waals surface area contributed by atoms with Gasteiger partial charge in [0.25, 0.3) is 0 Å². The molecule has 0 aliphatic rings. The Labute approximate surface area is 89.1 Å². The van der Waals surface area contributed by atoms with Crippen molar-refractivity contribution in [1.29, 1.82) is 0 Å². The minimum atomic E-state index is -0.289. The van der Waals surface area contributed by atoms with Gasteiger partial charge in [-0.1, -0.05) is 31.9 Å². The van der Waals surface area contributed by atoms with Gasteiger partial charge in [0.05, 0.1) is 0 Å². The van der Waals surface area contributed by atoms with Gasteiger partial charge in [-0.3, -0.25) is 0 Å². The Morgan fingerprint density at radius 2 is 2.14 bits per heavy atom. The summed E-state index contributed by atoms with van der Waals surface area (Å²) < 4.78 is 13.0. The van der Waals surface area contributed by atoms with Crippen LogP contribution in [0.1, 0.15) is 31.9 Å². The average Bonchev–Trinajstić information content (AvgIpc) is 2.19. The van der Waals surface area contributed by atoms with Gasteiger partial charge >= 0.3 is 0 Å². The zero-order valence-corrected chi connectivity index (χ0v) is 9.18. The van der Waals surface area contributed by atoms with E-state index in [1.807, 2.05) is 6.92 Å². The van der Waals surface area contributed by atoms with E-state index < -0.39 is 0 Å². The lowest BCUT2D eigenvalue weighted by atomic mass is 9.93. The lowest BCUT2D eigenvalue weighted by Crippen LogP contribution is -2.19. The third-order valence-electron chi connectivity index (χ3n) is 2.57. The molecule has 0 saturated carbocycles. The maximum atomic E-state index is 13.0. The third-order valence-corrected chi connectivity index (χ3v) is 2.92. The van der Waals surface area contributed by atoms with E-state index >= 15 is 0 Å². The molecule has 0 spiro atoms. The van der Waals surface area contributed by atoms with Crippen LogP contribution < -0.4 is 5.73 Å². The molecule has 0 amide bonds. The summed E-state index contributed by atoms with van der Waals surface area (Å²) in [5.74, 6) is 0.0115. The Hall–Kier alpha value is -0.600. The first-order valence-corrected chi connectivity index (χ1v) is 5.14. The highest BCUT2D eigenvalue weighted by atomic mass is 35.5. The summed E-state index contributed by atoms with van der Waals surface area (Å²) in [6.45, 7) is 4.09. The van der Waals surface area contributed by atoms with E-state index in [1.165, 1.54) is 12.1 Å². The minimum absolute atomic E-state index is 0.191. The molecule has 0 saturated heterocycles. The van der Waals surface area contributed by atoms with Crippen LogP contribution in [0, 0.1) is 11.7 Å². The summed E-state index contributed by atoms with van der Waals surface area (Å²) in [5.41, 5.74) is 6.66.